The first-order valence-electron chi connectivity index (χ1n) is 6.35. The van der Waals surface area contributed by atoms with E-state index in [-0.39, 0.29) is 23.6 Å². The summed E-state index contributed by atoms with van der Waals surface area (Å²) in [5.74, 6) is 0. The van der Waals surface area contributed by atoms with E-state index in [1.54, 1.807) is 4.90 Å². The van der Waals surface area contributed by atoms with Crippen LogP contribution in [0.2, 0.25) is 0 Å². The predicted molar refractivity (Wildman–Crippen MR) is 79.7 cm³/mol. The van der Waals surface area contributed by atoms with Crippen LogP contribution < -0.4 is 5.32 Å². The van der Waals surface area contributed by atoms with Gasteiger partial charge in [-0.3, -0.25) is 0 Å². The molecule has 0 bridgehead atoms. The molecule has 0 atom stereocenters. The summed E-state index contributed by atoms with van der Waals surface area (Å²) in [6, 6.07) is 8.60. The SMILES string of the molecule is N#CCCN(CCC#N)C(=S)Nc1cccc(C(F)(F)F)c1. The molecule has 22 heavy (non-hydrogen) atoms. The van der Waals surface area contributed by atoms with Gasteiger partial charge in [-0.05, 0) is 30.4 Å². The number of rotatable bonds is 5. The van der Waals surface area contributed by atoms with Gasteiger partial charge >= 0.3 is 6.18 Å². The monoisotopic (exact) mass is 326 g/mol. The molecule has 1 aromatic rings. The standard InChI is InChI=1S/C14H13F3N4S/c15-14(16,17)11-4-1-5-12(10-11)20-13(22)21(8-2-6-18)9-3-7-19/h1,4-5,10H,2-3,8-9H2,(H,20,22). The Bertz CT molecular complexity index is 583. The maximum Gasteiger partial charge on any atom is 0.416 e. The van der Waals surface area contributed by atoms with Gasteiger partial charge in [0.2, 0.25) is 0 Å². The molecule has 0 amide bonds. The lowest BCUT2D eigenvalue weighted by atomic mass is 10.2. The summed E-state index contributed by atoms with van der Waals surface area (Å²) in [5, 5.41) is 20.1. The van der Waals surface area contributed by atoms with E-state index in [0.29, 0.717) is 13.1 Å². The van der Waals surface area contributed by atoms with Crippen molar-refractivity contribution < 1.29 is 13.2 Å². The molecule has 0 unspecified atom stereocenters. The third-order valence-electron chi connectivity index (χ3n) is 2.72. The number of anilines is 1. The van der Waals surface area contributed by atoms with Crippen LogP contribution in [0.5, 0.6) is 0 Å². The highest BCUT2D eigenvalue weighted by molar-refractivity contribution is 7.80. The van der Waals surface area contributed by atoms with Crippen molar-refractivity contribution in [3.8, 4) is 12.1 Å². The largest absolute Gasteiger partial charge is 0.416 e. The van der Waals surface area contributed by atoms with E-state index in [9.17, 15) is 13.2 Å². The number of benzene rings is 1. The highest BCUT2D eigenvalue weighted by Gasteiger charge is 2.30. The Kier molecular flexibility index (Phi) is 6.61. The lowest BCUT2D eigenvalue weighted by molar-refractivity contribution is -0.137. The molecule has 4 nitrogen and oxygen atoms in total. The van der Waals surface area contributed by atoms with Gasteiger partial charge in [0.1, 0.15) is 0 Å². The summed E-state index contributed by atoms with van der Waals surface area (Å²) >= 11 is 5.14. The van der Waals surface area contributed by atoms with Gasteiger partial charge in [0.05, 0.1) is 30.5 Å². The van der Waals surface area contributed by atoms with Gasteiger partial charge in [-0.1, -0.05) is 6.07 Å². The molecule has 0 radical (unpaired) electrons. The molecule has 116 valence electrons. The van der Waals surface area contributed by atoms with Crippen LogP contribution in [0.25, 0.3) is 0 Å². The third kappa shape index (κ3) is 5.58. The molecule has 8 heteroatoms. The van der Waals surface area contributed by atoms with Crippen LogP contribution in [0.3, 0.4) is 0 Å². The highest BCUT2D eigenvalue weighted by Crippen LogP contribution is 2.30. The number of nitrogens with one attached hydrogen (secondary N) is 1. The normalized spacial score (nSPS) is 10.4. The zero-order valence-corrected chi connectivity index (χ0v) is 12.3. The second kappa shape index (κ2) is 8.20. The maximum absolute atomic E-state index is 12.7. The Morgan fingerprint density at radius 1 is 1.18 bits per heavy atom. The number of nitriles is 2. The van der Waals surface area contributed by atoms with E-state index in [2.05, 4.69) is 5.32 Å². The summed E-state index contributed by atoms with van der Waals surface area (Å²) in [4.78, 5) is 1.59. The zero-order valence-electron chi connectivity index (χ0n) is 11.5. The second-order valence-electron chi connectivity index (χ2n) is 4.31. The Labute approximate surface area is 131 Å². The smallest absolute Gasteiger partial charge is 0.347 e. The average Bonchev–Trinajstić information content (AvgIpc) is 2.46. The van der Waals surface area contributed by atoms with Crippen LogP contribution in [0.4, 0.5) is 18.9 Å². The van der Waals surface area contributed by atoms with E-state index in [0.717, 1.165) is 12.1 Å². The van der Waals surface area contributed by atoms with Crippen molar-refractivity contribution in [3.05, 3.63) is 29.8 Å². The first-order chi connectivity index (χ1) is 10.4. The molecular weight excluding hydrogens is 313 g/mol. The Balaban J connectivity index is 2.80. The Hall–Kier alpha value is -2.32. The molecule has 0 aliphatic rings. The Morgan fingerprint density at radius 2 is 1.77 bits per heavy atom. The minimum Gasteiger partial charge on any atom is -0.347 e. The minimum atomic E-state index is -4.43. The van der Waals surface area contributed by atoms with Crippen LogP contribution in [-0.2, 0) is 6.18 Å². The van der Waals surface area contributed by atoms with Crippen LogP contribution >= 0.6 is 12.2 Å². The average molecular weight is 326 g/mol. The molecule has 0 saturated carbocycles. The van der Waals surface area contributed by atoms with Gasteiger partial charge in [0.25, 0.3) is 0 Å². The third-order valence-corrected chi connectivity index (χ3v) is 3.08. The maximum atomic E-state index is 12.7. The topological polar surface area (TPSA) is 62.9 Å². The molecule has 0 spiro atoms. The fourth-order valence-electron chi connectivity index (χ4n) is 1.66. The van der Waals surface area contributed by atoms with Crippen molar-refractivity contribution in [1.29, 1.82) is 10.5 Å². The molecule has 1 N–H and O–H groups in total. The Morgan fingerprint density at radius 3 is 2.27 bits per heavy atom. The number of nitrogens with zero attached hydrogens (tertiary/aromatic N) is 3. The first-order valence-corrected chi connectivity index (χ1v) is 6.76. The van der Waals surface area contributed by atoms with E-state index in [1.165, 1.54) is 12.1 Å². The predicted octanol–water partition coefficient (Wildman–Crippen LogP) is 3.53. The lowest BCUT2D eigenvalue weighted by Crippen LogP contribution is -2.36. The minimum absolute atomic E-state index is 0.185. The van der Waals surface area contributed by atoms with Crippen molar-refractivity contribution in [2.24, 2.45) is 0 Å². The van der Waals surface area contributed by atoms with Gasteiger partial charge in [-0.15, -0.1) is 0 Å². The van der Waals surface area contributed by atoms with E-state index in [4.69, 9.17) is 22.7 Å². The molecule has 0 fully saturated rings. The van der Waals surface area contributed by atoms with Crippen molar-refractivity contribution >= 4 is 23.0 Å². The van der Waals surface area contributed by atoms with Crippen LogP contribution in [0.15, 0.2) is 24.3 Å². The molecule has 0 saturated heterocycles. The van der Waals surface area contributed by atoms with Gasteiger partial charge in [-0.2, -0.15) is 23.7 Å². The molecular formula is C14H13F3N4S. The number of hydrogen-bond donors (Lipinski definition) is 1. The molecule has 0 aliphatic heterocycles. The van der Waals surface area contributed by atoms with Gasteiger partial charge < -0.3 is 10.2 Å². The summed E-state index contributed by atoms with van der Waals surface area (Å²) < 4.78 is 38.0. The highest BCUT2D eigenvalue weighted by atomic mass is 32.1. The van der Waals surface area contributed by atoms with E-state index >= 15 is 0 Å². The second-order valence-corrected chi connectivity index (χ2v) is 4.70. The van der Waals surface area contributed by atoms with Crippen molar-refractivity contribution in [1.82, 2.24) is 4.90 Å². The molecule has 0 aromatic heterocycles. The molecule has 1 rings (SSSR count). The van der Waals surface area contributed by atoms with Crippen molar-refractivity contribution in [2.75, 3.05) is 18.4 Å². The van der Waals surface area contributed by atoms with Gasteiger partial charge in [0, 0.05) is 18.8 Å². The van der Waals surface area contributed by atoms with E-state index < -0.39 is 11.7 Å². The van der Waals surface area contributed by atoms with E-state index in [1.807, 2.05) is 12.1 Å². The number of hydrogen-bond acceptors (Lipinski definition) is 3. The summed E-state index contributed by atoms with van der Waals surface area (Å²) in [5.41, 5.74) is -0.570. The summed E-state index contributed by atoms with van der Waals surface area (Å²) in [6.07, 6.45) is -4.02. The molecule has 0 heterocycles. The van der Waals surface area contributed by atoms with Gasteiger partial charge in [0.15, 0.2) is 5.11 Å². The quantitative estimate of drug-likeness (QED) is 0.839. The molecule has 1 aromatic carbocycles. The van der Waals surface area contributed by atoms with Crippen LogP contribution in [-0.4, -0.2) is 23.1 Å². The summed E-state index contributed by atoms with van der Waals surface area (Å²) in [7, 11) is 0. The van der Waals surface area contributed by atoms with Crippen LogP contribution in [0.1, 0.15) is 18.4 Å². The number of thiocarbonyl (C=S) groups is 1. The number of alkyl halides is 3. The van der Waals surface area contributed by atoms with Gasteiger partial charge in [-0.25, -0.2) is 0 Å². The lowest BCUT2D eigenvalue weighted by Gasteiger charge is -2.24. The summed E-state index contributed by atoms with van der Waals surface area (Å²) in [6.45, 7) is 0.617. The van der Waals surface area contributed by atoms with Crippen molar-refractivity contribution in [3.63, 3.8) is 0 Å². The molecule has 0 aliphatic carbocycles. The fourth-order valence-corrected chi connectivity index (χ4v) is 1.96. The van der Waals surface area contributed by atoms with Crippen molar-refractivity contribution in [2.45, 2.75) is 19.0 Å². The zero-order chi connectivity index (χ0) is 16.6. The van der Waals surface area contributed by atoms with Crippen LogP contribution in [0, 0.1) is 22.7 Å². The first kappa shape index (κ1) is 17.7. The number of halogens is 3. The fraction of sp³-hybridized carbons (Fsp3) is 0.357.